The molecule has 10 heteroatoms. The fourth-order valence-corrected chi connectivity index (χ4v) is 6.76. The average Bonchev–Trinajstić information content (AvgIpc) is 3.66. The van der Waals surface area contributed by atoms with E-state index in [1.807, 2.05) is 61.8 Å². The van der Waals surface area contributed by atoms with Crippen molar-refractivity contribution in [2.75, 3.05) is 26.7 Å². The van der Waals surface area contributed by atoms with Crippen LogP contribution < -0.4 is 0 Å². The lowest BCUT2D eigenvalue weighted by atomic mass is 9.68. The lowest BCUT2D eigenvalue weighted by molar-refractivity contribution is -0.191. The van der Waals surface area contributed by atoms with Crippen LogP contribution in [0.15, 0.2) is 67.0 Å². The van der Waals surface area contributed by atoms with Gasteiger partial charge >= 0.3 is 18.1 Å². The van der Waals surface area contributed by atoms with Crippen LogP contribution in [0.4, 0.5) is 13.2 Å². The van der Waals surface area contributed by atoms with Gasteiger partial charge in [-0.3, -0.25) is 14.3 Å². The molecule has 1 unspecified atom stereocenters. The van der Waals surface area contributed by atoms with Gasteiger partial charge in [-0.25, -0.2) is 0 Å². The van der Waals surface area contributed by atoms with Crippen LogP contribution in [-0.4, -0.2) is 76.5 Å². The Morgan fingerprint density at radius 3 is 2.44 bits per heavy atom. The molecular formula is C33H39F3N4O3. The van der Waals surface area contributed by atoms with Crippen LogP contribution in [0, 0.1) is 5.41 Å². The van der Waals surface area contributed by atoms with Crippen molar-refractivity contribution in [1.82, 2.24) is 19.6 Å². The molecule has 7 nitrogen and oxygen atoms in total. The van der Waals surface area contributed by atoms with Crippen LogP contribution in [0.5, 0.6) is 0 Å². The van der Waals surface area contributed by atoms with Gasteiger partial charge in [-0.1, -0.05) is 54.6 Å². The molecule has 1 amide bonds. The molecule has 1 saturated carbocycles. The number of ether oxygens (including phenoxy) is 1. The number of carbonyl (C=O) groups excluding carboxylic acids is 2. The maximum Gasteiger partial charge on any atom is 0.471 e. The number of methoxy groups -OCH3 is 1. The highest BCUT2D eigenvalue weighted by Gasteiger charge is 2.56. The third kappa shape index (κ3) is 6.95. The zero-order valence-corrected chi connectivity index (χ0v) is 24.9. The van der Waals surface area contributed by atoms with Crippen molar-refractivity contribution in [3.05, 3.63) is 78.1 Å². The first-order valence-corrected chi connectivity index (χ1v) is 14.8. The number of alkyl halides is 3. The minimum absolute atomic E-state index is 0.124. The SMILES string of the molecule is COC(=O)CCN1CCC(Cc2cccc(-c3cnn(C)c3)c2)(C(C)N(C(=O)C(F)(F)F)[C@@H]2C[C@H]2c2ccccc2)CC1. The van der Waals surface area contributed by atoms with Gasteiger partial charge in [0.15, 0.2) is 0 Å². The summed E-state index contributed by atoms with van der Waals surface area (Å²) in [5, 5.41) is 4.28. The van der Waals surface area contributed by atoms with Crippen LogP contribution in [0.3, 0.4) is 0 Å². The van der Waals surface area contributed by atoms with Crippen molar-refractivity contribution >= 4 is 11.9 Å². The van der Waals surface area contributed by atoms with Crippen LogP contribution in [0.25, 0.3) is 11.1 Å². The molecule has 0 N–H and O–H groups in total. The molecule has 2 aromatic carbocycles. The molecule has 43 heavy (non-hydrogen) atoms. The number of rotatable bonds is 10. The summed E-state index contributed by atoms with van der Waals surface area (Å²) in [5.74, 6) is -2.18. The molecule has 0 radical (unpaired) electrons. The van der Waals surface area contributed by atoms with Crippen molar-refractivity contribution in [2.45, 2.75) is 63.2 Å². The third-order valence-electron chi connectivity index (χ3n) is 9.36. The predicted octanol–water partition coefficient (Wildman–Crippen LogP) is 5.61. The topological polar surface area (TPSA) is 67.7 Å². The van der Waals surface area contributed by atoms with Gasteiger partial charge in [-0.15, -0.1) is 0 Å². The zero-order valence-electron chi connectivity index (χ0n) is 24.9. The second-order valence-electron chi connectivity index (χ2n) is 12.0. The first-order valence-electron chi connectivity index (χ1n) is 14.8. The standard InChI is InChI=1S/C33H39F3N4O3/c1-23(40(31(42)33(34,35)36)29-19-28(29)25-9-5-4-6-10-25)32(13-16-39(17-14-32)15-12-30(41)43-3)20-24-8-7-11-26(18-24)27-21-37-38(2)22-27/h4-11,18,21-23,28-29H,12-17,19-20H2,1-3H3/t23?,28-,29+/m0/s1. The van der Waals surface area contributed by atoms with Crippen LogP contribution in [0.2, 0.25) is 0 Å². The van der Waals surface area contributed by atoms with E-state index in [0.29, 0.717) is 45.3 Å². The summed E-state index contributed by atoms with van der Waals surface area (Å²) in [6, 6.07) is 16.4. The maximum atomic E-state index is 14.2. The Hall–Kier alpha value is -3.66. The van der Waals surface area contributed by atoms with Crippen molar-refractivity contribution in [3.63, 3.8) is 0 Å². The Bertz CT molecular complexity index is 1420. The fraction of sp³-hybridized carbons (Fsp3) is 0.485. The Morgan fingerprint density at radius 1 is 1.09 bits per heavy atom. The average molecular weight is 597 g/mol. The largest absolute Gasteiger partial charge is 0.471 e. The number of hydrogen-bond acceptors (Lipinski definition) is 5. The van der Waals surface area contributed by atoms with Crippen molar-refractivity contribution in [3.8, 4) is 11.1 Å². The van der Waals surface area contributed by atoms with E-state index in [0.717, 1.165) is 27.2 Å². The molecule has 1 saturated heterocycles. The van der Waals surface area contributed by atoms with E-state index >= 15 is 0 Å². The molecule has 2 aliphatic rings. The molecule has 2 fully saturated rings. The number of carbonyl (C=O) groups is 2. The molecule has 3 aromatic rings. The zero-order chi connectivity index (χ0) is 30.8. The monoisotopic (exact) mass is 596 g/mol. The van der Waals surface area contributed by atoms with Gasteiger partial charge in [-0.05, 0) is 67.8 Å². The van der Waals surface area contributed by atoms with E-state index in [4.69, 9.17) is 4.74 Å². The highest BCUT2D eigenvalue weighted by atomic mass is 19.4. The Labute approximate surface area is 250 Å². The van der Waals surface area contributed by atoms with Gasteiger partial charge in [0.05, 0.1) is 19.7 Å². The maximum absolute atomic E-state index is 14.2. The summed E-state index contributed by atoms with van der Waals surface area (Å²) in [6.45, 7) is 3.56. The number of halogens is 3. The van der Waals surface area contributed by atoms with Gasteiger partial charge < -0.3 is 14.5 Å². The number of esters is 1. The second-order valence-corrected chi connectivity index (χ2v) is 12.0. The molecule has 0 bridgehead atoms. The highest BCUT2D eigenvalue weighted by Crippen LogP contribution is 2.51. The number of piperidine rings is 1. The van der Waals surface area contributed by atoms with E-state index in [-0.39, 0.29) is 18.3 Å². The summed E-state index contributed by atoms with van der Waals surface area (Å²) >= 11 is 0. The predicted molar refractivity (Wildman–Crippen MR) is 157 cm³/mol. The third-order valence-corrected chi connectivity index (χ3v) is 9.36. The van der Waals surface area contributed by atoms with Crippen molar-refractivity contribution < 1.29 is 27.5 Å². The second kappa shape index (κ2) is 12.5. The Kier molecular flexibility index (Phi) is 8.96. The lowest BCUT2D eigenvalue weighted by Gasteiger charge is -2.50. The van der Waals surface area contributed by atoms with Crippen LogP contribution in [-0.2, 0) is 27.8 Å². The van der Waals surface area contributed by atoms with Crippen molar-refractivity contribution in [2.24, 2.45) is 12.5 Å². The summed E-state index contributed by atoms with van der Waals surface area (Å²) in [4.78, 5) is 28.2. The smallest absolute Gasteiger partial charge is 0.469 e. The minimum Gasteiger partial charge on any atom is -0.469 e. The van der Waals surface area contributed by atoms with Gasteiger partial charge in [0.1, 0.15) is 0 Å². The summed E-state index contributed by atoms with van der Waals surface area (Å²) in [5.41, 5.74) is 3.31. The molecule has 1 aliphatic carbocycles. The highest BCUT2D eigenvalue weighted by molar-refractivity contribution is 5.83. The molecule has 230 valence electrons. The van der Waals surface area contributed by atoms with E-state index in [1.54, 1.807) is 17.8 Å². The first-order chi connectivity index (χ1) is 20.5. The van der Waals surface area contributed by atoms with Gasteiger partial charge in [0, 0.05) is 43.4 Å². The summed E-state index contributed by atoms with van der Waals surface area (Å²) in [7, 11) is 3.21. The molecule has 3 atom stereocenters. The number of aromatic nitrogens is 2. The van der Waals surface area contributed by atoms with Gasteiger partial charge in [0.25, 0.3) is 0 Å². The number of hydrogen-bond donors (Lipinski definition) is 0. The van der Waals surface area contributed by atoms with Crippen molar-refractivity contribution in [1.29, 1.82) is 0 Å². The number of amides is 1. The van der Waals surface area contributed by atoms with Crippen LogP contribution >= 0.6 is 0 Å². The number of aryl methyl sites for hydroxylation is 1. The van der Waals surface area contributed by atoms with Crippen LogP contribution in [0.1, 0.15) is 49.7 Å². The molecule has 2 heterocycles. The van der Waals surface area contributed by atoms with E-state index in [2.05, 4.69) is 16.1 Å². The molecular weight excluding hydrogens is 557 g/mol. The number of benzene rings is 2. The Morgan fingerprint density at radius 2 is 1.81 bits per heavy atom. The molecule has 1 aliphatic heterocycles. The summed E-state index contributed by atoms with van der Waals surface area (Å²) < 4.78 is 49.0. The minimum atomic E-state index is -4.97. The quantitative estimate of drug-likeness (QED) is 0.285. The van der Waals surface area contributed by atoms with Gasteiger partial charge in [-0.2, -0.15) is 18.3 Å². The lowest BCUT2D eigenvalue weighted by Crippen LogP contribution is -2.57. The molecule has 0 spiro atoms. The number of nitrogens with zero attached hydrogens (tertiary/aromatic N) is 4. The molecule has 1 aromatic heterocycles. The van der Waals surface area contributed by atoms with E-state index < -0.39 is 29.6 Å². The van der Waals surface area contributed by atoms with E-state index in [1.165, 1.54) is 7.11 Å². The molecule has 5 rings (SSSR count). The Balaban J connectivity index is 1.46. The normalized spacial score (nSPS) is 20.8. The van der Waals surface area contributed by atoms with E-state index in [9.17, 15) is 22.8 Å². The van der Waals surface area contributed by atoms with Gasteiger partial charge in [0.2, 0.25) is 0 Å². The summed E-state index contributed by atoms with van der Waals surface area (Å²) in [6.07, 6.45) is 1.22. The first kappa shape index (κ1) is 30.8. The fourth-order valence-electron chi connectivity index (χ4n) is 6.76. The number of likely N-dealkylation sites (tertiary alicyclic amines) is 1.